The fraction of sp³-hybridized carbons (Fsp3) is 0.579. The number of fused-ring (bicyclic) bond motifs is 1. The molecule has 2 amide bonds. The summed E-state index contributed by atoms with van der Waals surface area (Å²) in [6, 6.07) is 4.30. The van der Waals surface area contributed by atoms with E-state index < -0.39 is 0 Å². The second-order valence-electron chi connectivity index (χ2n) is 7.35. The molecule has 0 bridgehead atoms. The molecule has 6 nitrogen and oxygen atoms in total. The summed E-state index contributed by atoms with van der Waals surface area (Å²) in [5.41, 5.74) is 2.57. The Morgan fingerprint density at radius 2 is 2.24 bits per heavy atom. The van der Waals surface area contributed by atoms with Gasteiger partial charge in [0.15, 0.2) is 0 Å². The van der Waals surface area contributed by atoms with E-state index >= 15 is 0 Å². The van der Waals surface area contributed by atoms with Gasteiger partial charge in [0, 0.05) is 30.2 Å². The standard InChI is InChI=1S/C19H28N4O2/c1-13(2)22(12-17-6-5-9-25-17)19(24)21-16-8-7-15-11-20-23(14(3)4)18(15)10-16/h5-6,9,11,13-14,16H,7-8,10,12H2,1-4H3,(H,21,24)/t16-/m0/s1. The van der Waals surface area contributed by atoms with Gasteiger partial charge in [0.25, 0.3) is 0 Å². The van der Waals surface area contributed by atoms with Gasteiger partial charge in [0.1, 0.15) is 5.76 Å². The molecule has 25 heavy (non-hydrogen) atoms. The van der Waals surface area contributed by atoms with Gasteiger partial charge in [-0.3, -0.25) is 4.68 Å². The average Bonchev–Trinajstić information content (AvgIpc) is 3.21. The molecule has 1 aliphatic rings. The van der Waals surface area contributed by atoms with E-state index in [4.69, 9.17) is 4.42 Å². The summed E-state index contributed by atoms with van der Waals surface area (Å²) in [6.07, 6.45) is 6.38. The first kappa shape index (κ1) is 17.6. The Morgan fingerprint density at radius 1 is 1.44 bits per heavy atom. The molecule has 0 saturated carbocycles. The first-order chi connectivity index (χ1) is 12.0. The van der Waals surface area contributed by atoms with Crippen LogP contribution in [0.5, 0.6) is 0 Å². The van der Waals surface area contributed by atoms with Crippen molar-refractivity contribution < 1.29 is 9.21 Å². The molecule has 2 heterocycles. The normalized spacial score (nSPS) is 17.0. The van der Waals surface area contributed by atoms with E-state index in [0.29, 0.717) is 12.6 Å². The molecule has 0 saturated heterocycles. The molecule has 2 aromatic heterocycles. The number of nitrogens with zero attached hydrogens (tertiary/aromatic N) is 3. The van der Waals surface area contributed by atoms with Gasteiger partial charge in [-0.1, -0.05) is 0 Å². The number of nitrogens with one attached hydrogen (secondary N) is 1. The molecule has 3 rings (SSSR count). The fourth-order valence-electron chi connectivity index (χ4n) is 3.41. The van der Waals surface area contributed by atoms with E-state index in [1.807, 2.05) is 37.1 Å². The van der Waals surface area contributed by atoms with Crippen molar-refractivity contribution in [2.45, 2.75) is 71.6 Å². The summed E-state index contributed by atoms with van der Waals surface area (Å²) >= 11 is 0. The number of aromatic nitrogens is 2. The fourth-order valence-corrected chi connectivity index (χ4v) is 3.41. The van der Waals surface area contributed by atoms with Crippen LogP contribution in [0, 0.1) is 0 Å². The lowest BCUT2D eigenvalue weighted by atomic mass is 9.93. The topological polar surface area (TPSA) is 63.3 Å². The monoisotopic (exact) mass is 344 g/mol. The van der Waals surface area contributed by atoms with Crippen molar-refractivity contribution in [1.82, 2.24) is 20.0 Å². The molecule has 0 radical (unpaired) electrons. The first-order valence-corrected chi connectivity index (χ1v) is 9.10. The molecule has 1 N–H and O–H groups in total. The molecule has 1 atom stereocenters. The van der Waals surface area contributed by atoms with Gasteiger partial charge in [-0.25, -0.2) is 4.79 Å². The molecule has 0 spiro atoms. The van der Waals surface area contributed by atoms with E-state index in [-0.39, 0.29) is 18.1 Å². The van der Waals surface area contributed by atoms with Crippen molar-refractivity contribution in [2.24, 2.45) is 0 Å². The molecule has 1 aliphatic carbocycles. The van der Waals surface area contributed by atoms with Crippen LogP contribution in [-0.2, 0) is 19.4 Å². The van der Waals surface area contributed by atoms with Gasteiger partial charge < -0.3 is 14.6 Å². The van der Waals surface area contributed by atoms with E-state index in [1.54, 1.807) is 6.26 Å². The highest BCUT2D eigenvalue weighted by atomic mass is 16.3. The predicted molar refractivity (Wildman–Crippen MR) is 96.3 cm³/mol. The highest BCUT2D eigenvalue weighted by Crippen LogP contribution is 2.24. The van der Waals surface area contributed by atoms with E-state index in [9.17, 15) is 4.79 Å². The minimum atomic E-state index is -0.0320. The molecule has 0 aliphatic heterocycles. The molecule has 136 valence electrons. The number of hydrogen-bond donors (Lipinski definition) is 1. The third-order valence-corrected chi connectivity index (χ3v) is 4.79. The number of amides is 2. The van der Waals surface area contributed by atoms with Crippen LogP contribution in [0.3, 0.4) is 0 Å². The summed E-state index contributed by atoms with van der Waals surface area (Å²) in [5.74, 6) is 0.799. The van der Waals surface area contributed by atoms with Crippen molar-refractivity contribution >= 4 is 6.03 Å². The lowest BCUT2D eigenvalue weighted by Gasteiger charge is -2.31. The van der Waals surface area contributed by atoms with E-state index in [2.05, 4.69) is 28.9 Å². The van der Waals surface area contributed by atoms with Crippen molar-refractivity contribution in [3.05, 3.63) is 41.6 Å². The zero-order chi connectivity index (χ0) is 18.0. The lowest BCUT2D eigenvalue weighted by molar-refractivity contribution is 0.169. The maximum Gasteiger partial charge on any atom is 0.318 e. The number of rotatable bonds is 5. The van der Waals surface area contributed by atoms with Gasteiger partial charge in [0.2, 0.25) is 0 Å². The Balaban J connectivity index is 1.66. The van der Waals surface area contributed by atoms with Crippen LogP contribution in [0.25, 0.3) is 0 Å². The number of furan rings is 1. The Morgan fingerprint density at radius 3 is 2.88 bits per heavy atom. The third-order valence-electron chi connectivity index (χ3n) is 4.79. The highest BCUT2D eigenvalue weighted by Gasteiger charge is 2.27. The first-order valence-electron chi connectivity index (χ1n) is 9.10. The Kier molecular flexibility index (Phi) is 5.16. The van der Waals surface area contributed by atoms with Crippen molar-refractivity contribution in [1.29, 1.82) is 0 Å². The van der Waals surface area contributed by atoms with Gasteiger partial charge in [0.05, 0.1) is 19.0 Å². The Bertz CT molecular complexity index is 703. The second-order valence-corrected chi connectivity index (χ2v) is 7.35. The molecule has 0 unspecified atom stereocenters. The lowest BCUT2D eigenvalue weighted by Crippen LogP contribution is -2.48. The smallest absolute Gasteiger partial charge is 0.318 e. The summed E-state index contributed by atoms with van der Waals surface area (Å²) in [5, 5.41) is 7.72. The van der Waals surface area contributed by atoms with Crippen LogP contribution < -0.4 is 5.32 Å². The number of hydrogen-bond acceptors (Lipinski definition) is 3. The van der Waals surface area contributed by atoms with E-state index in [0.717, 1.165) is 25.0 Å². The summed E-state index contributed by atoms with van der Waals surface area (Å²) in [4.78, 5) is 14.6. The summed E-state index contributed by atoms with van der Waals surface area (Å²) in [6.45, 7) is 8.81. The molecular formula is C19H28N4O2. The van der Waals surface area contributed by atoms with E-state index in [1.165, 1.54) is 11.3 Å². The molecule has 6 heteroatoms. The third kappa shape index (κ3) is 3.89. The number of urea groups is 1. The van der Waals surface area contributed by atoms with Gasteiger partial charge in [-0.15, -0.1) is 0 Å². The van der Waals surface area contributed by atoms with Crippen LogP contribution in [0.1, 0.15) is 57.2 Å². The van der Waals surface area contributed by atoms with Crippen LogP contribution in [0.4, 0.5) is 4.79 Å². The molecule has 0 fully saturated rings. The molecule has 0 aromatic carbocycles. The zero-order valence-electron chi connectivity index (χ0n) is 15.5. The number of aryl methyl sites for hydroxylation is 1. The van der Waals surface area contributed by atoms with Crippen LogP contribution >= 0.6 is 0 Å². The van der Waals surface area contributed by atoms with Crippen LogP contribution in [-0.4, -0.2) is 32.8 Å². The number of carbonyl (C=O) groups is 1. The van der Waals surface area contributed by atoms with Gasteiger partial charge in [-0.05, 0) is 58.2 Å². The minimum Gasteiger partial charge on any atom is -0.467 e. The Hall–Kier alpha value is -2.24. The minimum absolute atomic E-state index is 0.0320. The van der Waals surface area contributed by atoms with Crippen molar-refractivity contribution in [2.75, 3.05) is 0 Å². The van der Waals surface area contributed by atoms with Crippen molar-refractivity contribution in [3.8, 4) is 0 Å². The zero-order valence-corrected chi connectivity index (χ0v) is 15.5. The maximum absolute atomic E-state index is 12.8. The predicted octanol–water partition coefficient (Wildman–Crippen LogP) is 3.53. The largest absolute Gasteiger partial charge is 0.467 e. The molecule has 2 aromatic rings. The van der Waals surface area contributed by atoms with Gasteiger partial charge >= 0.3 is 6.03 Å². The number of carbonyl (C=O) groups excluding carboxylic acids is 1. The Labute approximate surface area is 149 Å². The highest BCUT2D eigenvalue weighted by molar-refractivity contribution is 5.74. The SMILES string of the molecule is CC(C)N(Cc1ccco1)C(=O)N[C@H]1CCc2cnn(C(C)C)c2C1. The van der Waals surface area contributed by atoms with Gasteiger partial charge in [-0.2, -0.15) is 5.10 Å². The quantitative estimate of drug-likeness (QED) is 0.902. The summed E-state index contributed by atoms with van der Waals surface area (Å²) < 4.78 is 7.48. The molecular weight excluding hydrogens is 316 g/mol. The summed E-state index contributed by atoms with van der Waals surface area (Å²) in [7, 11) is 0. The average molecular weight is 344 g/mol. The van der Waals surface area contributed by atoms with Crippen LogP contribution in [0.15, 0.2) is 29.0 Å². The maximum atomic E-state index is 12.8. The van der Waals surface area contributed by atoms with Crippen LogP contribution in [0.2, 0.25) is 0 Å². The second kappa shape index (κ2) is 7.33. The van der Waals surface area contributed by atoms with Crippen molar-refractivity contribution in [3.63, 3.8) is 0 Å².